The number of ether oxygens (including phenoxy) is 1. The molecule has 0 spiro atoms. The molecular weight excluding hydrogens is 454 g/mol. The van der Waals surface area contributed by atoms with Gasteiger partial charge in [-0.1, -0.05) is 23.7 Å². The van der Waals surface area contributed by atoms with E-state index in [0.717, 1.165) is 41.1 Å². The van der Waals surface area contributed by atoms with Gasteiger partial charge in [0, 0.05) is 55.6 Å². The van der Waals surface area contributed by atoms with E-state index in [2.05, 4.69) is 20.1 Å². The van der Waals surface area contributed by atoms with Crippen LogP contribution in [0.1, 0.15) is 25.0 Å². The number of rotatable bonds is 4. The van der Waals surface area contributed by atoms with Crippen molar-refractivity contribution in [3.05, 3.63) is 65.7 Å². The number of nitrogens with zero attached hydrogens (tertiary/aromatic N) is 7. The first-order chi connectivity index (χ1) is 16.5. The van der Waals surface area contributed by atoms with Crippen LogP contribution in [0.15, 0.2) is 55.1 Å². The van der Waals surface area contributed by atoms with E-state index in [1.807, 2.05) is 61.5 Å². The number of carbonyl (C=O) groups is 1. The monoisotopic (exact) mass is 479 g/mol. The first-order valence-corrected chi connectivity index (χ1v) is 11.6. The van der Waals surface area contributed by atoms with Crippen LogP contribution in [0.4, 0.5) is 10.6 Å². The number of hydrogen-bond donors (Lipinski definition) is 0. The second-order valence-electron chi connectivity index (χ2n) is 8.44. The summed E-state index contributed by atoms with van der Waals surface area (Å²) >= 11 is 5.96. The Labute approximate surface area is 202 Å². The normalized spacial score (nSPS) is 15.4. The minimum atomic E-state index is -0.346. The fraction of sp³-hybridized carbons (Fsp3) is 0.333. The second kappa shape index (κ2) is 9.34. The van der Waals surface area contributed by atoms with Crippen molar-refractivity contribution in [3.63, 3.8) is 0 Å². The summed E-state index contributed by atoms with van der Waals surface area (Å²) in [6.07, 6.45) is 7.61. The maximum absolute atomic E-state index is 12.8. The molecule has 9 nitrogen and oxygen atoms in total. The van der Waals surface area contributed by atoms with Gasteiger partial charge in [-0.2, -0.15) is 14.7 Å². The van der Waals surface area contributed by atoms with E-state index in [-0.39, 0.29) is 12.2 Å². The number of anilines is 1. The summed E-state index contributed by atoms with van der Waals surface area (Å²) in [5, 5.41) is 9.51. The van der Waals surface area contributed by atoms with E-state index in [0.29, 0.717) is 24.7 Å². The Bertz CT molecular complexity index is 1300. The lowest BCUT2D eigenvalue weighted by molar-refractivity contribution is 0.0715. The molecule has 4 aromatic rings. The zero-order valence-corrected chi connectivity index (χ0v) is 19.9. The van der Waals surface area contributed by atoms with Gasteiger partial charge in [-0.3, -0.25) is 4.68 Å². The van der Waals surface area contributed by atoms with Gasteiger partial charge in [-0.05, 0) is 37.1 Å². The summed E-state index contributed by atoms with van der Waals surface area (Å²) < 4.78 is 9.32. The number of imidazole rings is 1. The van der Waals surface area contributed by atoms with Crippen molar-refractivity contribution in [2.45, 2.75) is 19.4 Å². The molecule has 0 radical (unpaired) electrons. The van der Waals surface area contributed by atoms with Crippen LogP contribution < -0.4 is 4.90 Å². The standard InChI is InChI=1S/C24H26ClN7O2/c1-17(18-4-6-21(25)7-5-18)34-24(33)31-9-3-8-30(10-11-31)23-15-26-22-12-19(13-28-32(22)23)20-14-27-29(2)16-20/h4-7,12-17H,3,8-11H2,1-2H3/t17-/m1/s1. The van der Waals surface area contributed by atoms with Gasteiger partial charge in [0.05, 0.1) is 18.6 Å². The maximum atomic E-state index is 12.8. The molecule has 1 saturated heterocycles. The zero-order chi connectivity index (χ0) is 23.7. The van der Waals surface area contributed by atoms with Crippen LogP contribution in [0.25, 0.3) is 16.8 Å². The van der Waals surface area contributed by atoms with E-state index < -0.39 is 0 Å². The number of carbonyl (C=O) groups excluding carboxylic acids is 1. The van der Waals surface area contributed by atoms with Gasteiger partial charge in [0.1, 0.15) is 6.10 Å². The quantitative estimate of drug-likeness (QED) is 0.436. The molecule has 1 amide bonds. The highest BCUT2D eigenvalue weighted by Crippen LogP contribution is 2.24. The largest absolute Gasteiger partial charge is 0.442 e. The molecule has 3 aromatic heterocycles. The molecule has 1 aliphatic rings. The average Bonchev–Trinajstić information content (AvgIpc) is 3.37. The topological polar surface area (TPSA) is 80.8 Å². The Morgan fingerprint density at radius 1 is 1.03 bits per heavy atom. The summed E-state index contributed by atoms with van der Waals surface area (Å²) in [6, 6.07) is 9.36. The summed E-state index contributed by atoms with van der Waals surface area (Å²) in [4.78, 5) is 21.4. The third-order valence-electron chi connectivity index (χ3n) is 6.08. The Morgan fingerprint density at radius 3 is 2.59 bits per heavy atom. The molecule has 176 valence electrons. The zero-order valence-electron chi connectivity index (χ0n) is 19.1. The molecule has 5 rings (SSSR count). The number of fused-ring (bicyclic) bond motifs is 1. The molecule has 1 aromatic carbocycles. The van der Waals surface area contributed by atoms with Gasteiger partial charge in [-0.25, -0.2) is 9.78 Å². The predicted molar refractivity (Wildman–Crippen MR) is 130 cm³/mol. The van der Waals surface area contributed by atoms with Crippen molar-refractivity contribution in [2.24, 2.45) is 7.05 Å². The van der Waals surface area contributed by atoms with Crippen molar-refractivity contribution in [2.75, 3.05) is 31.1 Å². The minimum Gasteiger partial charge on any atom is -0.442 e. The van der Waals surface area contributed by atoms with Gasteiger partial charge < -0.3 is 14.5 Å². The predicted octanol–water partition coefficient (Wildman–Crippen LogP) is 4.19. The highest BCUT2D eigenvalue weighted by atomic mass is 35.5. The molecule has 0 N–H and O–H groups in total. The molecule has 0 unspecified atom stereocenters. The Kier molecular flexibility index (Phi) is 6.10. The minimum absolute atomic E-state index is 0.304. The lowest BCUT2D eigenvalue weighted by Crippen LogP contribution is -2.36. The van der Waals surface area contributed by atoms with Crippen LogP contribution in [-0.2, 0) is 11.8 Å². The van der Waals surface area contributed by atoms with Crippen LogP contribution in [0, 0.1) is 0 Å². The van der Waals surface area contributed by atoms with Gasteiger partial charge in [0.25, 0.3) is 0 Å². The van der Waals surface area contributed by atoms with Crippen molar-refractivity contribution >= 4 is 29.2 Å². The summed E-state index contributed by atoms with van der Waals surface area (Å²) in [6.45, 7) is 4.54. The number of amides is 1. The molecule has 1 fully saturated rings. The number of hydrogen-bond acceptors (Lipinski definition) is 6. The highest BCUT2D eigenvalue weighted by Gasteiger charge is 2.24. The van der Waals surface area contributed by atoms with Crippen LogP contribution in [-0.4, -0.2) is 61.6 Å². The van der Waals surface area contributed by atoms with E-state index >= 15 is 0 Å². The van der Waals surface area contributed by atoms with Crippen molar-refractivity contribution in [3.8, 4) is 11.1 Å². The van der Waals surface area contributed by atoms with E-state index in [4.69, 9.17) is 16.3 Å². The first-order valence-electron chi connectivity index (χ1n) is 11.3. The summed E-state index contributed by atoms with van der Waals surface area (Å²) in [7, 11) is 1.89. The smallest absolute Gasteiger partial charge is 0.410 e. The number of halogens is 1. The number of aryl methyl sites for hydroxylation is 1. The molecule has 1 atom stereocenters. The Morgan fingerprint density at radius 2 is 1.82 bits per heavy atom. The first kappa shape index (κ1) is 22.2. The molecule has 0 aliphatic carbocycles. The van der Waals surface area contributed by atoms with E-state index in [1.165, 1.54) is 0 Å². The summed E-state index contributed by atoms with van der Waals surface area (Å²) in [5.41, 5.74) is 3.65. The van der Waals surface area contributed by atoms with Gasteiger partial charge >= 0.3 is 6.09 Å². The SMILES string of the molecule is C[C@@H](OC(=O)N1CCCN(c2cnc3cc(-c4cnn(C)c4)cnn23)CC1)c1ccc(Cl)cc1. The average molecular weight is 480 g/mol. The van der Waals surface area contributed by atoms with Crippen LogP contribution in [0.5, 0.6) is 0 Å². The van der Waals surface area contributed by atoms with Gasteiger partial charge in [0.15, 0.2) is 11.5 Å². The lowest BCUT2D eigenvalue weighted by Gasteiger charge is -2.24. The summed E-state index contributed by atoms with van der Waals surface area (Å²) in [5.74, 6) is 0.914. The van der Waals surface area contributed by atoms with Crippen LogP contribution in [0.2, 0.25) is 5.02 Å². The fourth-order valence-corrected chi connectivity index (χ4v) is 4.29. The molecule has 4 heterocycles. The van der Waals surface area contributed by atoms with Crippen molar-refractivity contribution < 1.29 is 9.53 Å². The molecule has 10 heteroatoms. The number of benzene rings is 1. The van der Waals surface area contributed by atoms with Gasteiger partial charge in [-0.15, -0.1) is 0 Å². The maximum Gasteiger partial charge on any atom is 0.410 e. The van der Waals surface area contributed by atoms with E-state index in [1.54, 1.807) is 21.7 Å². The highest BCUT2D eigenvalue weighted by molar-refractivity contribution is 6.30. The lowest BCUT2D eigenvalue weighted by atomic mass is 10.1. The molecule has 34 heavy (non-hydrogen) atoms. The van der Waals surface area contributed by atoms with Gasteiger partial charge in [0.2, 0.25) is 0 Å². The van der Waals surface area contributed by atoms with Crippen molar-refractivity contribution in [1.82, 2.24) is 29.3 Å². The Balaban J connectivity index is 1.25. The van der Waals surface area contributed by atoms with E-state index in [9.17, 15) is 4.79 Å². The Hall–Kier alpha value is -3.59. The van der Waals surface area contributed by atoms with Crippen LogP contribution in [0.3, 0.4) is 0 Å². The molecule has 1 aliphatic heterocycles. The van der Waals surface area contributed by atoms with Crippen LogP contribution >= 0.6 is 11.6 Å². The molecular formula is C24H26ClN7O2. The molecule has 0 saturated carbocycles. The fourth-order valence-electron chi connectivity index (χ4n) is 4.16. The van der Waals surface area contributed by atoms with Crippen molar-refractivity contribution in [1.29, 1.82) is 0 Å². The second-order valence-corrected chi connectivity index (χ2v) is 8.87. The number of aromatic nitrogens is 5. The third kappa shape index (κ3) is 4.56. The molecule has 0 bridgehead atoms. The third-order valence-corrected chi connectivity index (χ3v) is 6.33.